The molecule has 0 saturated carbocycles. The lowest BCUT2D eigenvalue weighted by molar-refractivity contribution is 0.766. The second-order valence-corrected chi connectivity index (χ2v) is 3.20. The second-order valence-electron chi connectivity index (χ2n) is 2.08. The van der Waals surface area contributed by atoms with E-state index in [-0.39, 0.29) is 0 Å². The molecule has 1 atom stereocenters. The molecule has 0 bridgehead atoms. The zero-order valence-electron chi connectivity index (χ0n) is 6.71. The van der Waals surface area contributed by atoms with Gasteiger partial charge in [0.1, 0.15) is 0 Å². The fourth-order valence-corrected chi connectivity index (χ4v) is 0.966. The van der Waals surface area contributed by atoms with Gasteiger partial charge in [-0.15, -0.1) is 18.3 Å². The molecule has 0 aromatic carbocycles. The molecular weight excluding hydrogens is 142 g/mol. The van der Waals surface area contributed by atoms with E-state index >= 15 is 0 Å². The largest absolute Gasteiger partial charge is 0.283 e. The standard InChI is InChI=1S/C8H15NS/c1-4-6-8(3)9-7-10-5-2/h4,7-8H,1,5-6H2,2-3H3/b9-7-. The zero-order chi connectivity index (χ0) is 7.82. The summed E-state index contributed by atoms with van der Waals surface area (Å²) in [6, 6.07) is 0.400. The zero-order valence-corrected chi connectivity index (χ0v) is 7.53. The molecule has 0 aliphatic rings. The first kappa shape index (κ1) is 9.76. The second kappa shape index (κ2) is 6.87. The van der Waals surface area contributed by atoms with Gasteiger partial charge in [0, 0.05) is 0 Å². The molecule has 58 valence electrons. The molecule has 0 rings (SSSR count). The van der Waals surface area contributed by atoms with Gasteiger partial charge in [-0.25, -0.2) is 0 Å². The van der Waals surface area contributed by atoms with Gasteiger partial charge in [0.2, 0.25) is 0 Å². The molecule has 0 aliphatic heterocycles. The van der Waals surface area contributed by atoms with Gasteiger partial charge >= 0.3 is 0 Å². The Morgan fingerprint density at radius 2 is 2.40 bits per heavy atom. The Labute approximate surface area is 67.6 Å². The van der Waals surface area contributed by atoms with E-state index in [1.807, 2.05) is 11.6 Å². The molecule has 0 amide bonds. The van der Waals surface area contributed by atoms with Crippen LogP contribution in [-0.4, -0.2) is 17.3 Å². The van der Waals surface area contributed by atoms with Gasteiger partial charge in [-0.1, -0.05) is 13.0 Å². The van der Waals surface area contributed by atoms with Gasteiger partial charge in [0.25, 0.3) is 0 Å². The molecule has 10 heavy (non-hydrogen) atoms. The molecule has 2 heteroatoms. The predicted octanol–water partition coefficient (Wildman–Crippen LogP) is 2.73. The van der Waals surface area contributed by atoms with Crippen molar-refractivity contribution in [1.82, 2.24) is 0 Å². The van der Waals surface area contributed by atoms with E-state index in [0.29, 0.717) is 6.04 Å². The lowest BCUT2D eigenvalue weighted by Gasteiger charge is -1.98. The van der Waals surface area contributed by atoms with E-state index in [1.165, 1.54) is 0 Å². The molecule has 0 aromatic heterocycles. The first-order valence-corrected chi connectivity index (χ1v) is 4.60. The topological polar surface area (TPSA) is 12.4 Å². The summed E-state index contributed by atoms with van der Waals surface area (Å²) in [4.78, 5) is 4.27. The van der Waals surface area contributed by atoms with Crippen molar-refractivity contribution in [2.45, 2.75) is 26.3 Å². The Morgan fingerprint density at radius 3 is 2.90 bits per heavy atom. The van der Waals surface area contributed by atoms with E-state index in [4.69, 9.17) is 0 Å². The van der Waals surface area contributed by atoms with Crippen LogP contribution in [0.25, 0.3) is 0 Å². The van der Waals surface area contributed by atoms with Crippen LogP contribution in [0.1, 0.15) is 20.3 Å². The maximum absolute atomic E-state index is 4.27. The van der Waals surface area contributed by atoms with Crippen LogP contribution in [0.2, 0.25) is 0 Å². The van der Waals surface area contributed by atoms with Crippen molar-refractivity contribution < 1.29 is 0 Å². The summed E-state index contributed by atoms with van der Waals surface area (Å²) in [5, 5.41) is 0. The van der Waals surface area contributed by atoms with Crippen molar-refractivity contribution in [2.24, 2.45) is 4.99 Å². The van der Waals surface area contributed by atoms with Crippen LogP contribution < -0.4 is 0 Å². The van der Waals surface area contributed by atoms with Crippen LogP contribution >= 0.6 is 11.8 Å². The monoisotopic (exact) mass is 157 g/mol. The number of thioether (sulfide) groups is 1. The third-order valence-electron chi connectivity index (χ3n) is 1.06. The highest BCUT2D eigenvalue weighted by atomic mass is 32.2. The predicted molar refractivity (Wildman–Crippen MR) is 50.9 cm³/mol. The van der Waals surface area contributed by atoms with Crippen LogP contribution in [0, 0.1) is 0 Å². The van der Waals surface area contributed by atoms with Crippen LogP contribution in [0.4, 0.5) is 0 Å². The molecule has 0 spiro atoms. The van der Waals surface area contributed by atoms with Gasteiger partial charge < -0.3 is 0 Å². The van der Waals surface area contributed by atoms with Crippen molar-refractivity contribution >= 4 is 17.3 Å². The lowest BCUT2D eigenvalue weighted by atomic mass is 10.2. The Kier molecular flexibility index (Phi) is 6.71. The van der Waals surface area contributed by atoms with E-state index in [2.05, 4.69) is 25.4 Å². The highest BCUT2D eigenvalue weighted by Gasteiger charge is 1.90. The van der Waals surface area contributed by atoms with E-state index in [0.717, 1.165) is 12.2 Å². The molecule has 1 nitrogen and oxygen atoms in total. The number of nitrogens with zero attached hydrogens (tertiary/aromatic N) is 1. The van der Waals surface area contributed by atoms with Crippen molar-refractivity contribution in [1.29, 1.82) is 0 Å². The first-order chi connectivity index (χ1) is 4.81. The Hall–Kier alpha value is -0.240. The molecule has 0 aliphatic carbocycles. The van der Waals surface area contributed by atoms with E-state index in [1.54, 1.807) is 11.8 Å². The third-order valence-corrected chi connectivity index (χ3v) is 1.67. The summed E-state index contributed by atoms with van der Waals surface area (Å²) in [5.74, 6) is 1.10. The molecule has 1 unspecified atom stereocenters. The smallest absolute Gasteiger partial charge is 0.0544 e. The van der Waals surface area contributed by atoms with Gasteiger partial charge in [-0.05, 0) is 19.1 Å². The Bertz CT molecular complexity index is 110. The number of hydrogen-bond donors (Lipinski definition) is 0. The Morgan fingerprint density at radius 1 is 1.70 bits per heavy atom. The molecule has 0 saturated heterocycles. The summed E-state index contributed by atoms with van der Waals surface area (Å²) in [5.41, 5.74) is 1.92. The van der Waals surface area contributed by atoms with Gasteiger partial charge in [0.05, 0.1) is 11.6 Å². The number of rotatable bonds is 5. The number of aliphatic imine (C=N–C) groups is 1. The van der Waals surface area contributed by atoms with Crippen LogP contribution in [0.5, 0.6) is 0 Å². The number of hydrogen-bond acceptors (Lipinski definition) is 2. The minimum Gasteiger partial charge on any atom is -0.283 e. The molecule has 0 heterocycles. The summed E-state index contributed by atoms with van der Waals surface area (Å²) >= 11 is 1.74. The van der Waals surface area contributed by atoms with Crippen molar-refractivity contribution in [2.75, 3.05) is 5.75 Å². The van der Waals surface area contributed by atoms with Gasteiger partial charge in [-0.2, -0.15) is 0 Å². The molecule has 0 aromatic rings. The van der Waals surface area contributed by atoms with E-state index in [9.17, 15) is 0 Å². The fourth-order valence-electron chi connectivity index (χ4n) is 0.524. The average molecular weight is 157 g/mol. The van der Waals surface area contributed by atoms with Gasteiger partial charge in [-0.3, -0.25) is 4.99 Å². The SMILES string of the molecule is C=CCC(C)/N=C\SCC. The minimum absolute atomic E-state index is 0.400. The maximum atomic E-state index is 4.27. The molecular formula is C8H15NS. The average Bonchev–Trinajstić information content (AvgIpc) is 1.89. The minimum atomic E-state index is 0.400. The summed E-state index contributed by atoms with van der Waals surface area (Å²) in [6.07, 6.45) is 2.87. The highest BCUT2D eigenvalue weighted by Crippen LogP contribution is 1.99. The van der Waals surface area contributed by atoms with Crippen LogP contribution in [0.3, 0.4) is 0 Å². The highest BCUT2D eigenvalue weighted by molar-refractivity contribution is 8.12. The molecule has 0 radical (unpaired) electrons. The molecule has 0 fully saturated rings. The normalized spacial score (nSPS) is 13.8. The summed E-state index contributed by atoms with van der Waals surface area (Å²) in [7, 11) is 0. The van der Waals surface area contributed by atoms with E-state index < -0.39 is 0 Å². The van der Waals surface area contributed by atoms with Gasteiger partial charge in [0.15, 0.2) is 0 Å². The third kappa shape index (κ3) is 5.89. The summed E-state index contributed by atoms with van der Waals surface area (Å²) < 4.78 is 0. The van der Waals surface area contributed by atoms with Crippen molar-refractivity contribution in [3.05, 3.63) is 12.7 Å². The Balaban J connectivity index is 3.34. The quantitative estimate of drug-likeness (QED) is 0.339. The molecule has 0 N–H and O–H groups in total. The van der Waals surface area contributed by atoms with Crippen molar-refractivity contribution in [3.63, 3.8) is 0 Å². The lowest BCUT2D eigenvalue weighted by Crippen LogP contribution is -1.94. The maximum Gasteiger partial charge on any atom is 0.0544 e. The van der Waals surface area contributed by atoms with Crippen molar-refractivity contribution in [3.8, 4) is 0 Å². The van der Waals surface area contributed by atoms with Crippen LogP contribution in [-0.2, 0) is 0 Å². The summed E-state index contributed by atoms with van der Waals surface area (Å²) in [6.45, 7) is 7.86. The fraction of sp³-hybridized carbons (Fsp3) is 0.625. The first-order valence-electron chi connectivity index (χ1n) is 3.55. The van der Waals surface area contributed by atoms with Crippen LogP contribution in [0.15, 0.2) is 17.6 Å².